The molecule has 0 unspecified atom stereocenters. The molecule has 0 saturated carbocycles. The molecule has 8 nitrogen and oxygen atoms in total. The molecule has 27 heavy (non-hydrogen) atoms. The molecule has 1 saturated heterocycles. The number of carbonyl (C=O) groups is 1. The number of hydrogen-bond acceptors (Lipinski definition) is 5. The Morgan fingerprint density at radius 3 is 2.70 bits per heavy atom. The topological polar surface area (TPSA) is 97.2 Å². The third-order valence-electron chi connectivity index (χ3n) is 4.45. The fraction of sp³-hybridized carbons (Fsp3) is 0.438. The molecule has 0 atom stereocenters. The number of anilines is 1. The first-order valence-electron chi connectivity index (χ1n) is 8.32. The van der Waals surface area contributed by atoms with Gasteiger partial charge in [-0.25, -0.2) is 26.8 Å². The molecule has 0 radical (unpaired) electrons. The first-order valence-corrected chi connectivity index (χ1v) is 10.5. The Morgan fingerprint density at radius 1 is 1.37 bits per heavy atom. The average molecular weight is 416 g/mol. The van der Waals surface area contributed by atoms with Crippen LogP contribution in [-0.2, 0) is 21.4 Å². The zero-order chi connectivity index (χ0) is 19.6. The fourth-order valence-electron chi connectivity index (χ4n) is 2.94. The maximum Gasteiger partial charge on any atom is 0.248 e. The van der Waals surface area contributed by atoms with Crippen molar-refractivity contribution in [2.45, 2.75) is 19.4 Å². The van der Waals surface area contributed by atoms with Gasteiger partial charge in [0, 0.05) is 29.6 Å². The molecule has 1 aliphatic heterocycles. The van der Waals surface area contributed by atoms with Gasteiger partial charge in [-0.15, -0.1) is 5.10 Å². The fourth-order valence-corrected chi connectivity index (χ4v) is 4.03. The van der Waals surface area contributed by atoms with Crippen LogP contribution in [0.4, 0.5) is 10.3 Å². The number of carbonyl (C=O) groups excluding carboxylic acids is 1. The van der Waals surface area contributed by atoms with E-state index in [0.717, 1.165) is 6.26 Å². The third-order valence-corrected chi connectivity index (χ3v) is 6.10. The molecule has 146 valence electrons. The predicted molar refractivity (Wildman–Crippen MR) is 98.3 cm³/mol. The van der Waals surface area contributed by atoms with E-state index < -0.39 is 15.8 Å². The highest BCUT2D eigenvalue weighted by atomic mass is 35.5. The number of aromatic nitrogens is 3. The molecule has 1 aromatic carbocycles. The van der Waals surface area contributed by atoms with Crippen LogP contribution >= 0.6 is 11.6 Å². The van der Waals surface area contributed by atoms with Crippen molar-refractivity contribution in [2.75, 3.05) is 24.7 Å². The minimum Gasteiger partial charge on any atom is -0.293 e. The summed E-state index contributed by atoms with van der Waals surface area (Å²) in [5.74, 6) is -0.903. The Kier molecular flexibility index (Phi) is 5.78. The zero-order valence-corrected chi connectivity index (χ0v) is 16.2. The van der Waals surface area contributed by atoms with E-state index in [-0.39, 0.29) is 34.9 Å². The lowest BCUT2D eigenvalue weighted by Crippen LogP contribution is -2.41. The van der Waals surface area contributed by atoms with Crippen molar-refractivity contribution in [3.63, 3.8) is 0 Å². The lowest BCUT2D eigenvalue weighted by atomic mass is 9.97. The Bertz CT molecular complexity index is 921. The van der Waals surface area contributed by atoms with Gasteiger partial charge in [0.15, 0.2) is 0 Å². The molecular formula is C16H19ClFN5O3S. The first kappa shape index (κ1) is 19.7. The van der Waals surface area contributed by atoms with Gasteiger partial charge in [0.25, 0.3) is 0 Å². The van der Waals surface area contributed by atoms with Gasteiger partial charge >= 0.3 is 0 Å². The number of amides is 1. The molecule has 2 aromatic rings. The normalized spacial score (nSPS) is 16.4. The molecule has 1 N–H and O–H groups in total. The van der Waals surface area contributed by atoms with Crippen LogP contribution in [0.25, 0.3) is 0 Å². The summed E-state index contributed by atoms with van der Waals surface area (Å²) in [5, 5.41) is 7.03. The minimum atomic E-state index is -3.24. The van der Waals surface area contributed by atoms with Crippen molar-refractivity contribution in [1.82, 2.24) is 19.1 Å². The van der Waals surface area contributed by atoms with E-state index in [4.69, 9.17) is 11.6 Å². The molecule has 0 spiro atoms. The molecule has 11 heteroatoms. The lowest BCUT2D eigenvalue weighted by molar-refractivity contribution is -0.121. The van der Waals surface area contributed by atoms with E-state index in [1.54, 1.807) is 6.07 Å². The summed E-state index contributed by atoms with van der Waals surface area (Å²) in [7, 11) is -3.24. The number of piperidine rings is 1. The van der Waals surface area contributed by atoms with Crippen LogP contribution in [0.1, 0.15) is 18.4 Å². The molecule has 0 bridgehead atoms. The van der Waals surface area contributed by atoms with E-state index >= 15 is 0 Å². The summed E-state index contributed by atoms with van der Waals surface area (Å²) in [4.78, 5) is 16.4. The largest absolute Gasteiger partial charge is 0.293 e. The Morgan fingerprint density at radius 2 is 2.07 bits per heavy atom. The molecule has 1 aromatic heterocycles. The quantitative estimate of drug-likeness (QED) is 0.802. The molecule has 1 fully saturated rings. The van der Waals surface area contributed by atoms with Gasteiger partial charge < -0.3 is 0 Å². The first-order chi connectivity index (χ1) is 12.7. The van der Waals surface area contributed by atoms with Crippen LogP contribution in [0.5, 0.6) is 0 Å². The van der Waals surface area contributed by atoms with Gasteiger partial charge in [0.1, 0.15) is 12.1 Å². The monoisotopic (exact) mass is 415 g/mol. The van der Waals surface area contributed by atoms with Crippen LogP contribution in [0, 0.1) is 11.7 Å². The van der Waals surface area contributed by atoms with E-state index in [1.165, 1.54) is 27.4 Å². The zero-order valence-electron chi connectivity index (χ0n) is 14.6. The summed E-state index contributed by atoms with van der Waals surface area (Å²) in [5.41, 5.74) is 0.287. The highest BCUT2D eigenvalue weighted by Crippen LogP contribution is 2.21. The Balaban J connectivity index is 1.59. The number of rotatable bonds is 5. The smallest absolute Gasteiger partial charge is 0.248 e. The van der Waals surface area contributed by atoms with Crippen molar-refractivity contribution in [3.8, 4) is 0 Å². The van der Waals surface area contributed by atoms with Crippen LogP contribution in [0.3, 0.4) is 0 Å². The second-order valence-corrected chi connectivity index (χ2v) is 8.78. The van der Waals surface area contributed by atoms with E-state index in [1.807, 2.05) is 0 Å². The van der Waals surface area contributed by atoms with Crippen molar-refractivity contribution in [2.24, 2.45) is 5.92 Å². The van der Waals surface area contributed by atoms with Gasteiger partial charge in [0.2, 0.25) is 21.9 Å². The average Bonchev–Trinajstić information content (AvgIpc) is 3.05. The lowest BCUT2D eigenvalue weighted by Gasteiger charge is -2.29. The van der Waals surface area contributed by atoms with Gasteiger partial charge in [0.05, 0.1) is 12.8 Å². The van der Waals surface area contributed by atoms with Gasteiger partial charge in [-0.1, -0.05) is 17.7 Å². The Labute approximate surface area is 161 Å². The molecule has 1 aliphatic rings. The van der Waals surface area contributed by atoms with Crippen LogP contribution in [0.15, 0.2) is 24.5 Å². The van der Waals surface area contributed by atoms with Gasteiger partial charge in [-0.2, -0.15) is 0 Å². The summed E-state index contributed by atoms with van der Waals surface area (Å²) in [6, 6.07) is 4.41. The van der Waals surface area contributed by atoms with Crippen molar-refractivity contribution < 1.29 is 17.6 Å². The highest BCUT2D eigenvalue weighted by Gasteiger charge is 2.29. The van der Waals surface area contributed by atoms with Crippen LogP contribution in [0.2, 0.25) is 5.02 Å². The van der Waals surface area contributed by atoms with Gasteiger partial charge in [-0.3, -0.25) is 10.1 Å². The van der Waals surface area contributed by atoms with Crippen molar-refractivity contribution >= 4 is 33.5 Å². The number of nitrogens with zero attached hydrogens (tertiary/aromatic N) is 4. The van der Waals surface area contributed by atoms with E-state index in [2.05, 4.69) is 15.4 Å². The van der Waals surface area contributed by atoms with E-state index in [9.17, 15) is 17.6 Å². The molecule has 3 rings (SSSR count). The second-order valence-electron chi connectivity index (χ2n) is 6.39. The molecule has 2 heterocycles. The van der Waals surface area contributed by atoms with E-state index in [0.29, 0.717) is 25.9 Å². The highest BCUT2D eigenvalue weighted by molar-refractivity contribution is 7.88. The number of benzene rings is 1. The summed E-state index contributed by atoms with van der Waals surface area (Å²) in [6.07, 6.45) is 3.41. The number of halogens is 2. The number of sulfonamides is 1. The third kappa shape index (κ3) is 4.82. The summed E-state index contributed by atoms with van der Waals surface area (Å²) >= 11 is 6.00. The number of hydrogen-bond donors (Lipinski definition) is 1. The second kappa shape index (κ2) is 7.91. The number of nitrogens with one attached hydrogen (secondary N) is 1. The summed E-state index contributed by atoms with van der Waals surface area (Å²) in [6.45, 7) is 0.705. The van der Waals surface area contributed by atoms with Crippen molar-refractivity contribution in [3.05, 3.63) is 40.9 Å². The standard InChI is InChI=1S/C16H19ClFN5O3S/c1-27(25,26)23-7-5-11(6-8-23)15(24)20-16-19-10-22(21-16)9-12-13(17)3-2-4-14(12)18/h2-4,10-11H,5-9H2,1H3,(H,20,21,24). The van der Waals surface area contributed by atoms with Gasteiger partial charge in [-0.05, 0) is 25.0 Å². The van der Waals surface area contributed by atoms with Crippen molar-refractivity contribution in [1.29, 1.82) is 0 Å². The molecule has 1 amide bonds. The molecular weight excluding hydrogens is 397 g/mol. The van der Waals surface area contributed by atoms with Crippen LogP contribution in [-0.4, -0.2) is 52.7 Å². The predicted octanol–water partition coefficient (Wildman–Crippen LogP) is 1.73. The molecule has 0 aliphatic carbocycles. The maximum absolute atomic E-state index is 13.8. The van der Waals surface area contributed by atoms with Crippen LogP contribution < -0.4 is 5.32 Å². The summed E-state index contributed by atoms with van der Waals surface area (Å²) < 4.78 is 39.6. The maximum atomic E-state index is 13.8. The SMILES string of the molecule is CS(=O)(=O)N1CCC(C(=O)Nc2ncn(Cc3c(F)cccc3Cl)n2)CC1. The Hall–Kier alpha value is -2.04. The minimum absolute atomic E-state index is 0.0844.